The summed E-state index contributed by atoms with van der Waals surface area (Å²) in [5.41, 5.74) is 2.55. The Kier molecular flexibility index (Phi) is 7.87. The van der Waals surface area contributed by atoms with Crippen LogP contribution in [0.1, 0.15) is 51.5 Å². The minimum Gasteiger partial charge on any atom is -0.288 e. The Bertz CT molecular complexity index is 362. The van der Waals surface area contributed by atoms with Crippen LogP contribution >= 0.6 is 0 Å². The molecule has 18 heavy (non-hydrogen) atoms. The first kappa shape index (κ1) is 14.7. The lowest BCUT2D eigenvalue weighted by Gasteiger charge is -1.97. The smallest absolute Gasteiger partial charge is 0.0639 e. The predicted octanol–water partition coefficient (Wildman–Crippen LogP) is 5.17. The van der Waals surface area contributed by atoms with Crippen LogP contribution in [0.4, 0.5) is 0 Å². The lowest BCUT2D eigenvalue weighted by atomic mass is 10.1. The number of allylic oxidation sites excluding steroid dienone is 2. The number of hydrogen-bond acceptors (Lipinski definition) is 1. The fraction of sp³-hybridized carbons (Fsp3) is 0.471. The molecule has 1 heteroatoms. The van der Waals surface area contributed by atoms with Crippen molar-refractivity contribution >= 4 is 6.21 Å². The van der Waals surface area contributed by atoms with Gasteiger partial charge in [0.05, 0.1) is 6.54 Å². The largest absolute Gasteiger partial charge is 0.288 e. The Morgan fingerprint density at radius 1 is 1.11 bits per heavy atom. The normalized spacial score (nSPS) is 12.2. The average Bonchev–Trinajstić information content (AvgIpc) is 2.40. The topological polar surface area (TPSA) is 12.4 Å². The van der Waals surface area contributed by atoms with Crippen molar-refractivity contribution in [3.8, 4) is 0 Å². The molecule has 0 heterocycles. The summed E-state index contributed by atoms with van der Waals surface area (Å²) < 4.78 is 0. The third-order valence-corrected chi connectivity index (χ3v) is 2.94. The zero-order valence-electron chi connectivity index (χ0n) is 11.7. The molecule has 0 atom stereocenters. The van der Waals surface area contributed by atoms with Gasteiger partial charge in [0.15, 0.2) is 0 Å². The molecular formula is C17H25N. The second-order valence-corrected chi connectivity index (χ2v) is 4.75. The second kappa shape index (κ2) is 9.64. The Morgan fingerprint density at radius 3 is 2.61 bits per heavy atom. The Hall–Kier alpha value is -1.37. The average molecular weight is 243 g/mol. The zero-order valence-corrected chi connectivity index (χ0v) is 11.7. The van der Waals surface area contributed by atoms with E-state index in [0.717, 1.165) is 6.54 Å². The summed E-state index contributed by atoms with van der Waals surface area (Å²) in [5, 5.41) is 0. The van der Waals surface area contributed by atoms with Crippen molar-refractivity contribution in [2.24, 2.45) is 4.99 Å². The van der Waals surface area contributed by atoms with Crippen molar-refractivity contribution in [3.63, 3.8) is 0 Å². The van der Waals surface area contributed by atoms with Gasteiger partial charge in [-0.2, -0.15) is 0 Å². The van der Waals surface area contributed by atoms with Crippen LogP contribution in [0.3, 0.4) is 0 Å². The Balaban J connectivity index is 2.22. The van der Waals surface area contributed by atoms with E-state index in [9.17, 15) is 0 Å². The molecule has 0 aliphatic carbocycles. The molecule has 0 saturated carbocycles. The van der Waals surface area contributed by atoms with Crippen molar-refractivity contribution in [2.45, 2.75) is 52.5 Å². The summed E-state index contributed by atoms with van der Waals surface area (Å²) in [6, 6.07) is 10.4. The highest BCUT2D eigenvalue weighted by molar-refractivity contribution is 5.77. The van der Waals surface area contributed by atoms with E-state index >= 15 is 0 Å². The minimum absolute atomic E-state index is 0.780. The maximum absolute atomic E-state index is 4.46. The highest BCUT2D eigenvalue weighted by atomic mass is 14.7. The molecular weight excluding hydrogens is 218 g/mol. The van der Waals surface area contributed by atoms with E-state index in [1.54, 1.807) is 0 Å². The molecule has 1 nitrogen and oxygen atoms in total. The van der Waals surface area contributed by atoms with Crippen LogP contribution in [0.25, 0.3) is 0 Å². The van der Waals surface area contributed by atoms with Gasteiger partial charge in [-0.3, -0.25) is 4.99 Å². The Labute approximate surface area is 112 Å². The maximum Gasteiger partial charge on any atom is 0.0639 e. The van der Waals surface area contributed by atoms with Crippen LogP contribution in [-0.2, 0) is 6.54 Å². The van der Waals surface area contributed by atoms with Crippen molar-refractivity contribution in [1.29, 1.82) is 0 Å². The molecule has 98 valence electrons. The van der Waals surface area contributed by atoms with Gasteiger partial charge in [0.1, 0.15) is 0 Å². The molecule has 0 aromatic heterocycles. The number of nitrogens with zero attached hydrogens (tertiary/aromatic N) is 1. The molecule has 1 aromatic rings. The van der Waals surface area contributed by atoms with E-state index in [-0.39, 0.29) is 0 Å². The zero-order chi connectivity index (χ0) is 13.1. The first-order valence-electron chi connectivity index (χ1n) is 7.03. The second-order valence-electron chi connectivity index (χ2n) is 4.75. The monoisotopic (exact) mass is 243 g/mol. The quantitative estimate of drug-likeness (QED) is 0.441. The van der Waals surface area contributed by atoms with Crippen LogP contribution in [0.5, 0.6) is 0 Å². The number of aliphatic imine (C=N–C) groups is 1. The van der Waals surface area contributed by atoms with Gasteiger partial charge in [0.25, 0.3) is 0 Å². The molecule has 0 aliphatic heterocycles. The fourth-order valence-electron chi connectivity index (χ4n) is 1.83. The summed E-state index contributed by atoms with van der Waals surface area (Å²) in [4.78, 5) is 4.46. The number of rotatable bonds is 8. The lowest BCUT2D eigenvalue weighted by Crippen LogP contribution is -1.83. The van der Waals surface area contributed by atoms with Crippen LogP contribution in [0.2, 0.25) is 0 Å². The number of hydrogen-bond donors (Lipinski definition) is 0. The fourth-order valence-corrected chi connectivity index (χ4v) is 1.83. The van der Waals surface area contributed by atoms with Gasteiger partial charge in [0.2, 0.25) is 0 Å². The molecule has 1 rings (SSSR count). The van der Waals surface area contributed by atoms with Crippen LogP contribution in [-0.4, -0.2) is 6.21 Å². The van der Waals surface area contributed by atoms with E-state index < -0.39 is 0 Å². The number of unbranched alkanes of at least 4 members (excludes halogenated alkanes) is 4. The standard InChI is InChI=1S/C17H25N/c1-3-4-5-6-8-11-16(2)14-18-15-17-12-9-7-10-13-17/h7,9-14H,3-6,8,15H2,1-2H3/b16-11+,18-14?. The molecule has 0 saturated heterocycles. The molecule has 0 fully saturated rings. The molecule has 0 amide bonds. The summed E-state index contributed by atoms with van der Waals surface area (Å²) in [6.45, 7) is 5.16. The third-order valence-electron chi connectivity index (χ3n) is 2.94. The van der Waals surface area contributed by atoms with Gasteiger partial charge in [-0.1, -0.05) is 62.6 Å². The summed E-state index contributed by atoms with van der Waals surface area (Å²) in [5.74, 6) is 0. The molecule has 0 unspecified atom stereocenters. The first-order valence-corrected chi connectivity index (χ1v) is 7.03. The van der Waals surface area contributed by atoms with Crippen LogP contribution in [0.15, 0.2) is 47.0 Å². The Morgan fingerprint density at radius 2 is 1.89 bits per heavy atom. The van der Waals surface area contributed by atoms with E-state index in [4.69, 9.17) is 0 Å². The van der Waals surface area contributed by atoms with Crippen LogP contribution in [0, 0.1) is 0 Å². The molecule has 0 aliphatic rings. The highest BCUT2D eigenvalue weighted by Gasteiger charge is 1.88. The van der Waals surface area contributed by atoms with Gasteiger partial charge in [0, 0.05) is 6.21 Å². The van der Waals surface area contributed by atoms with Gasteiger partial charge in [-0.05, 0) is 30.9 Å². The maximum atomic E-state index is 4.46. The van der Waals surface area contributed by atoms with Crippen molar-refractivity contribution in [2.75, 3.05) is 0 Å². The van der Waals surface area contributed by atoms with Gasteiger partial charge in [-0.25, -0.2) is 0 Å². The summed E-state index contributed by atoms with van der Waals surface area (Å²) >= 11 is 0. The molecule has 0 radical (unpaired) electrons. The van der Waals surface area contributed by atoms with Crippen molar-refractivity contribution in [3.05, 3.63) is 47.5 Å². The van der Waals surface area contributed by atoms with E-state index in [1.165, 1.54) is 43.2 Å². The van der Waals surface area contributed by atoms with Crippen LogP contribution < -0.4 is 0 Å². The molecule has 1 aromatic carbocycles. The lowest BCUT2D eigenvalue weighted by molar-refractivity contribution is 0.674. The van der Waals surface area contributed by atoms with Gasteiger partial charge >= 0.3 is 0 Å². The third kappa shape index (κ3) is 7.05. The molecule has 0 bridgehead atoms. The summed E-state index contributed by atoms with van der Waals surface area (Å²) in [7, 11) is 0. The van der Waals surface area contributed by atoms with Crippen molar-refractivity contribution < 1.29 is 0 Å². The predicted molar refractivity (Wildman–Crippen MR) is 81.2 cm³/mol. The van der Waals surface area contributed by atoms with E-state index in [0.29, 0.717) is 0 Å². The number of benzene rings is 1. The SMILES string of the molecule is CCCCCC/C=C(\C)C=NCc1ccccc1. The van der Waals surface area contributed by atoms with E-state index in [2.05, 4.69) is 49.2 Å². The van der Waals surface area contributed by atoms with E-state index in [1.807, 2.05) is 12.3 Å². The molecule has 0 spiro atoms. The summed E-state index contributed by atoms with van der Waals surface area (Å²) in [6.07, 6.45) is 10.8. The first-order chi connectivity index (χ1) is 8.83. The van der Waals surface area contributed by atoms with Crippen molar-refractivity contribution in [1.82, 2.24) is 0 Å². The molecule has 0 N–H and O–H groups in total. The minimum atomic E-state index is 0.780. The highest BCUT2D eigenvalue weighted by Crippen LogP contribution is 2.05. The van der Waals surface area contributed by atoms with Gasteiger partial charge in [-0.15, -0.1) is 0 Å². The van der Waals surface area contributed by atoms with Gasteiger partial charge < -0.3 is 0 Å².